The highest BCUT2D eigenvalue weighted by molar-refractivity contribution is 5.93. The first kappa shape index (κ1) is 27.7. The van der Waals surface area contributed by atoms with Crippen LogP contribution in [-0.2, 0) is 17.8 Å². The van der Waals surface area contributed by atoms with Gasteiger partial charge in [0.2, 0.25) is 11.8 Å². The van der Waals surface area contributed by atoms with Gasteiger partial charge in [0.25, 0.3) is 5.91 Å². The van der Waals surface area contributed by atoms with Gasteiger partial charge in [-0.3, -0.25) is 14.5 Å². The zero-order chi connectivity index (χ0) is 25.8. The van der Waals surface area contributed by atoms with Gasteiger partial charge in [0.15, 0.2) is 17.3 Å². The molecule has 4 heterocycles. The van der Waals surface area contributed by atoms with E-state index in [0.29, 0.717) is 74.5 Å². The molecule has 5 rings (SSSR count). The largest absolute Gasteiger partial charge is 0.355 e. The Labute approximate surface area is 226 Å². The van der Waals surface area contributed by atoms with Gasteiger partial charge in [-0.1, -0.05) is 17.2 Å². The standard InChI is InChI=1S/C26H31FN6O4.ClH/c1-18-8-10-32(11-9-18)25(34)7-6-24-28-23(30-37-24)17-31-12-14-33(15-13-31)26(35)21-16-22(36-29-21)19-2-4-20(27)5-3-19;/h2-5,16,18H,6-15,17H2,1H3;1H. The lowest BCUT2D eigenvalue weighted by atomic mass is 9.99. The Kier molecular flexibility index (Phi) is 9.11. The number of likely N-dealkylation sites (tertiary alicyclic amines) is 1. The minimum absolute atomic E-state index is 0. The molecule has 2 aromatic heterocycles. The molecule has 2 aliphatic heterocycles. The molecule has 0 bridgehead atoms. The third-order valence-electron chi connectivity index (χ3n) is 7.08. The number of aromatic nitrogens is 3. The van der Waals surface area contributed by atoms with Crippen LogP contribution in [0.15, 0.2) is 39.4 Å². The van der Waals surface area contributed by atoms with E-state index in [1.54, 1.807) is 23.1 Å². The number of piperidine rings is 1. The number of halogens is 2. The normalized spacial score (nSPS) is 16.9. The molecule has 1 aromatic carbocycles. The summed E-state index contributed by atoms with van der Waals surface area (Å²) in [5.41, 5.74) is 0.881. The molecule has 12 heteroatoms. The van der Waals surface area contributed by atoms with Crippen LogP contribution in [0.4, 0.5) is 4.39 Å². The molecule has 0 spiro atoms. The molecule has 10 nitrogen and oxygen atoms in total. The highest BCUT2D eigenvalue weighted by atomic mass is 35.5. The van der Waals surface area contributed by atoms with Crippen molar-refractivity contribution in [3.8, 4) is 11.3 Å². The maximum atomic E-state index is 13.1. The Morgan fingerprint density at radius 2 is 1.68 bits per heavy atom. The van der Waals surface area contributed by atoms with Gasteiger partial charge in [-0.15, -0.1) is 12.4 Å². The zero-order valence-corrected chi connectivity index (χ0v) is 22.2. The van der Waals surface area contributed by atoms with Crippen LogP contribution in [0.1, 0.15) is 48.4 Å². The molecule has 0 N–H and O–H groups in total. The summed E-state index contributed by atoms with van der Waals surface area (Å²) in [6, 6.07) is 7.42. The second-order valence-corrected chi connectivity index (χ2v) is 9.82. The monoisotopic (exact) mass is 546 g/mol. The average Bonchev–Trinajstić information content (AvgIpc) is 3.58. The lowest BCUT2D eigenvalue weighted by molar-refractivity contribution is -0.132. The Bertz CT molecular complexity index is 1220. The number of benzene rings is 1. The van der Waals surface area contributed by atoms with Crippen molar-refractivity contribution in [3.05, 3.63) is 53.6 Å². The summed E-state index contributed by atoms with van der Waals surface area (Å²) in [5, 5.41) is 7.98. The lowest BCUT2D eigenvalue weighted by Crippen LogP contribution is -2.48. The summed E-state index contributed by atoms with van der Waals surface area (Å²) < 4.78 is 23.8. The summed E-state index contributed by atoms with van der Waals surface area (Å²) in [6.07, 6.45) is 2.94. The smallest absolute Gasteiger partial charge is 0.276 e. The summed E-state index contributed by atoms with van der Waals surface area (Å²) in [6.45, 7) is 6.78. The Balaban J connectivity index is 0.00000336. The lowest BCUT2D eigenvalue weighted by Gasteiger charge is -2.33. The molecule has 3 aromatic rings. The number of aryl methyl sites for hydroxylation is 1. The van der Waals surface area contributed by atoms with Gasteiger partial charge in [0.1, 0.15) is 5.82 Å². The number of amides is 2. The Morgan fingerprint density at radius 1 is 0.974 bits per heavy atom. The van der Waals surface area contributed by atoms with E-state index < -0.39 is 0 Å². The van der Waals surface area contributed by atoms with Gasteiger partial charge < -0.3 is 18.8 Å². The summed E-state index contributed by atoms with van der Waals surface area (Å²) in [7, 11) is 0. The molecule has 0 unspecified atom stereocenters. The van der Waals surface area contributed by atoms with Gasteiger partial charge in [0.05, 0.1) is 6.54 Å². The van der Waals surface area contributed by atoms with Crippen LogP contribution in [0, 0.1) is 11.7 Å². The van der Waals surface area contributed by atoms with Gasteiger partial charge in [-0.05, 0) is 43.0 Å². The summed E-state index contributed by atoms with van der Waals surface area (Å²) in [4.78, 5) is 35.6. The summed E-state index contributed by atoms with van der Waals surface area (Å²) in [5.74, 6) is 1.76. The predicted molar refractivity (Wildman–Crippen MR) is 138 cm³/mol. The van der Waals surface area contributed by atoms with Crippen molar-refractivity contribution in [1.29, 1.82) is 0 Å². The van der Waals surface area contributed by atoms with Crippen molar-refractivity contribution in [2.24, 2.45) is 5.92 Å². The van der Waals surface area contributed by atoms with Crippen molar-refractivity contribution in [2.45, 2.75) is 39.2 Å². The number of hydrogen-bond acceptors (Lipinski definition) is 8. The maximum Gasteiger partial charge on any atom is 0.276 e. The third-order valence-corrected chi connectivity index (χ3v) is 7.08. The van der Waals surface area contributed by atoms with Gasteiger partial charge in [-0.2, -0.15) is 4.98 Å². The first-order valence-corrected chi connectivity index (χ1v) is 12.8. The van der Waals surface area contributed by atoms with E-state index in [1.165, 1.54) is 12.1 Å². The molecule has 38 heavy (non-hydrogen) atoms. The highest BCUT2D eigenvalue weighted by Gasteiger charge is 2.26. The Hall–Kier alpha value is -3.31. The molecule has 2 fully saturated rings. The zero-order valence-electron chi connectivity index (χ0n) is 21.3. The van der Waals surface area contributed by atoms with Crippen molar-refractivity contribution >= 4 is 24.2 Å². The van der Waals surface area contributed by atoms with E-state index in [-0.39, 0.29) is 35.7 Å². The number of nitrogens with zero attached hydrogens (tertiary/aromatic N) is 6. The minimum atomic E-state index is -0.341. The number of piperazine rings is 1. The molecule has 0 atom stereocenters. The highest BCUT2D eigenvalue weighted by Crippen LogP contribution is 2.22. The Morgan fingerprint density at radius 3 is 2.39 bits per heavy atom. The van der Waals surface area contributed by atoms with Gasteiger partial charge in [-0.25, -0.2) is 4.39 Å². The van der Waals surface area contributed by atoms with E-state index in [4.69, 9.17) is 9.05 Å². The fourth-order valence-corrected chi connectivity index (χ4v) is 4.68. The number of carbonyl (C=O) groups excluding carboxylic acids is 2. The van der Waals surface area contributed by atoms with Crippen molar-refractivity contribution in [1.82, 2.24) is 30.0 Å². The molecule has 0 radical (unpaired) electrons. The number of rotatable bonds is 7. The van der Waals surface area contributed by atoms with Crippen molar-refractivity contribution < 1.29 is 23.0 Å². The SMILES string of the molecule is CC1CCN(C(=O)CCc2nc(CN3CCN(C(=O)c4cc(-c5ccc(F)cc5)on4)CC3)no2)CC1.Cl. The first-order chi connectivity index (χ1) is 17.9. The fraction of sp³-hybridized carbons (Fsp3) is 0.500. The predicted octanol–water partition coefficient (Wildman–Crippen LogP) is 3.43. The van der Waals surface area contributed by atoms with Crippen LogP contribution in [0.3, 0.4) is 0 Å². The number of hydrogen-bond donors (Lipinski definition) is 0. The van der Waals surface area contributed by atoms with E-state index >= 15 is 0 Å². The van der Waals surface area contributed by atoms with Crippen LogP contribution in [-0.4, -0.2) is 81.1 Å². The molecule has 0 saturated carbocycles. The molecule has 204 valence electrons. The molecule has 2 saturated heterocycles. The van der Waals surface area contributed by atoms with Crippen molar-refractivity contribution in [3.63, 3.8) is 0 Å². The van der Waals surface area contributed by atoms with Crippen LogP contribution in [0.5, 0.6) is 0 Å². The van der Waals surface area contributed by atoms with Crippen LogP contribution in [0.25, 0.3) is 11.3 Å². The second kappa shape index (κ2) is 12.5. The van der Waals surface area contributed by atoms with Crippen LogP contribution < -0.4 is 0 Å². The first-order valence-electron chi connectivity index (χ1n) is 12.8. The van der Waals surface area contributed by atoms with E-state index in [1.807, 2.05) is 4.90 Å². The minimum Gasteiger partial charge on any atom is -0.355 e. The third kappa shape index (κ3) is 6.76. The number of carbonyl (C=O) groups is 2. The van der Waals surface area contributed by atoms with E-state index in [0.717, 1.165) is 25.9 Å². The van der Waals surface area contributed by atoms with Gasteiger partial charge >= 0.3 is 0 Å². The molecule has 0 aliphatic carbocycles. The van der Waals surface area contributed by atoms with Crippen molar-refractivity contribution in [2.75, 3.05) is 39.3 Å². The molecular formula is C26H32ClFN6O4. The van der Waals surface area contributed by atoms with Crippen LogP contribution >= 0.6 is 12.4 Å². The molecular weight excluding hydrogens is 515 g/mol. The topological polar surface area (TPSA) is 109 Å². The second-order valence-electron chi connectivity index (χ2n) is 9.82. The average molecular weight is 547 g/mol. The van der Waals surface area contributed by atoms with E-state index in [2.05, 4.69) is 27.1 Å². The maximum absolute atomic E-state index is 13.1. The molecule has 2 aliphatic rings. The van der Waals surface area contributed by atoms with Gasteiger partial charge in [0, 0.05) is 63.7 Å². The molecule has 2 amide bonds. The van der Waals surface area contributed by atoms with Crippen LogP contribution in [0.2, 0.25) is 0 Å². The van der Waals surface area contributed by atoms with E-state index in [9.17, 15) is 14.0 Å². The fourth-order valence-electron chi connectivity index (χ4n) is 4.68. The quantitative estimate of drug-likeness (QED) is 0.443. The summed E-state index contributed by atoms with van der Waals surface area (Å²) >= 11 is 0.